The lowest BCUT2D eigenvalue weighted by Gasteiger charge is -2.10. The van der Waals surface area contributed by atoms with Crippen molar-refractivity contribution < 1.29 is 4.79 Å². The Bertz CT molecular complexity index is 774. The van der Waals surface area contributed by atoms with Gasteiger partial charge >= 0.3 is 0 Å². The molecule has 0 radical (unpaired) electrons. The van der Waals surface area contributed by atoms with E-state index in [4.69, 9.17) is 0 Å². The van der Waals surface area contributed by atoms with Crippen molar-refractivity contribution in [3.63, 3.8) is 0 Å². The van der Waals surface area contributed by atoms with E-state index in [0.717, 1.165) is 11.8 Å². The summed E-state index contributed by atoms with van der Waals surface area (Å²) in [4.78, 5) is 13.2. The van der Waals surface area contributed by atoms with Gasteiger partial charge in [0.25, 0.3) is 0 Å². The monoisotopic (exact) mass is 304 g/mol. The molecule has 0 heterocycles. The summed E-state index contributed by atoms with van der Waals surface area (Å²) in [5.41, 5.74) is 4.28. The van der Waals surface area contributed by atoms with Crippen LogP contribution in [-0.2, 0) is 0 Å². The lowest BCUT2D eigenvalue weighted by Crippen LogP contribution is -1.84. The summed E-state index contributed by atoms with van der Waals surface area (Å²) in [6.07, 6.45) is 0.872. The standard InChI is InChI=1S/C20H16OS/c1-15-6-12-18(13-7-15)22-20-5-3-2-4-19(20)17-10-8-16(14-21)9-11-17/h2-14H,1H3. The van der Waals surface area contributed by atoms with E-state index < -0.39 is 0 Å². The van der Waals surface area contributed by atoms with E-state index in [1.54, 1.807) is 11.8 Å². The van der Waals surface area contributed by atoms with E-state index in [2.05, 4.69) is 49.4 Å². The van der Waals surface area contributed by atoms with E-state index in [1.165, 1.54) is 20.9 Å². The average Bonchev–Trinajstić information content (AvgIpc) is 2.58. The fourth-order valence-corrected chi connectivity index (χ4v) is 3.24. The Labute approximate surface area is 135 Å². The van der Waals surface area contributed by atoms with E-state index in [1.807, 2.05) is 30.3 Å². The van der Waals surface area contributed by atoms with Crippen LogP contribution in [0, 0.1) is 6.92 Å². The highest BCUT2D eigenvalue weighted by atomic mass is 32.2. The van der Waals surface area contributed by atoms with Crippen LogP contribution in [0.3, 0.4) is 0 Å². The first-order chi connectivity index (χ1) is 10.8. The van der Waals surface area contributed by atoms with Crippen molar-refractivity contribution in [2.24, 2.45) is 0 Å². The predicted molar refractivity (Wildman–Crippen MR) is 92.6 cm³/mol. The number of benzene rings is 3. The Morgan fingerprint density at radius 3 is 2.18 bits per heavy atom. The zero-order valence-electron chi connectivity index (χ0n) is 12.3. The van der Waals surface area contributed by atoms with Gasteiger partial charge in [0.05, 0.1) is 0 Å². The molecule has 0 N–H and O–H groups in total. The smallest absolute Gasteiger partial charge is 0.150 e. The maximum absolute atomic E-state index is 10.8. The van der Waals surface area contributed by atoms with Gasteiger partial charge in [-0.15, -0.1) is 0 Å². The van der Waals surface area contributed by atoms with Crippen LogP contribution in [0.15, 0.2) is 82.6 Å². The van der Waals surface area contributed by atoms with Gasteiger partial charge in [-0.3, -0.25) is 4.79 Å². The molecule has 0 saturated carbocycles. The van der Waals surface area contributed by atoms with Gasteiger partial charge in [-0.25, -0.2) is 0 Å². The molecule has 0 spiro atoms. The van der Waals surface area contributed by atoms with Gasteiger partial charge in [0, 0.05) is 15.4 Å². The molecule has 0 fully saturated rings. The molecular weight excluding hydrogens is 288 g/mol. The minimum Gasteiger partial charge on any atom is -0.298 e. The fraction of sp³-hybridized carbons (Fsp3) is 0.0500. The normalized spacial score (nSPS) is 10.4. The van der Waals surface area contributed by atoms with Crippen LogP contribution in [0.5, 0.6) is 0 Å². The maximum Gasteiger partial charge on any atom is 0.150 e. The third kappa shape index (κ3) is 3.29. The summed E-state index contributed by atoms with van der Waals surface area (Å²) in [6, 6.07) is 24.6. The zero-order valence-corrected chi connectivity index (χ0v) is 13.1. The van der Waals surface area contributed by atoms with Crippen molar-refractivity contribution in [3.8, 4) is 11.1 Å². The Morgan fingerprint density at radius 1 is 0.818 bits per heavy atom. The van der Waals surface area contributed by atoms with Crippen LogP contribution in [0.4, 0.5) is 0 Å². The number of aryl methyl sites for hydroxylation is 1. The highest BCUT2D eigenvalue weighted by Crippen LogP contribution is 2.35. The van der Waals surface area contributed by atoms with Gasteiger partial charge in [-0.1, -0.05) is 71.9 Å². The molecule has 0 amide bonds. The summed E-state index contributed by atoms with van der Waals surface area (Å²) in [6.45, 7) is 2.09. The van der Waals surface area contributed by atoms with Gasteiger partial charge in [0.2, 0.25) is 0 Å². The highest BCUT2D eigenvalue weighted by molar-refractivity contribution is 7.99. The molecule has 3 rings (SSSR count). The third-order valence-corrected chi connectivity index (χ3v) is 4.58. The molecule has 0 aliphatic rings. The Hall–Kier alpha value is -2.32. The summed E-state index contributed by atoms with van der Waals surface area (Å²) >= 11 is 1.76. The molecule has 0 aliphatic carbocycles. The number of hydrogen-bond acceptors (Lipinski definition) is 2. The average molecular weight is 304 g/mol. The first-order valence-electron chi connectivity index (χ1n) is 7.15. The van der Waals surface area contributed by atoms with Crippen LogP contribution in [0.25, 0.3) is 11.1 Å². The Kier molecular flexibility index (Phi) is 4.40. The lowest BCUT2D eigenvalue weighted by molar-refractivity contribution is 0.112. The van der Waals surface area contributed by atoms with Crippen LogP contribution in [-0.4, -0.2) is 6.29 Å². The molecule has 0 aliphatic heterocycles. The molecule has 3 aromatic rings. The van der Waals surface area contributed by atoms with Crippen LogP contribution in [0.2, 0.25) is 0 Å². The number of hydrogen-bond donors (Lipinski definition) is 0. The first-order valence-corrected chi connectivity index (χ1v) is 7.97. The summed E-state index contributed by atoms with van der Waals surface area (Å²) in [5.74, 6) is 0. The van der Waals surface area contributed by atoms with E-state index >= 15 is 0 Å². The second kappa shape index (κ2) is 6.63. The molecule has 0 unspecified atom stereocenters. The second-order valence-corrected chi connectivity index (χ2v) is 6.27. The highest BCUT2D eigenvalue weighted by Gasteiger charge is 2.06. The van der Waals surface area contributed by atoms with E-state index in [9.17, 15) is 4.79 Å². The van der Waals surface area contributed by atoms with Gasteiger partial charge in [-0.2, -0.15) is 0 Å². The molecule has 108 valence electrons. The van der Waals surface area contributed by atoms with Gasteiger partial charge < -0.3 is 0 Å². The molecule has 0 atom stereocenters. The Balaban J connectivity index is 1.95. The van der Waals surface area contributed by atoms with Crippen LogP contribution < -0.4 is 0 Å². The predicted octanol–water partition coefficient (Wildman–Crippen LogP) is 5.63. The summed E-state index contributed by atoms with van der Waals surface area (Å²) in [5, 5.41) is 0. The largest absolute Gasteiger partial charge is 0.298 e. The van der Waals surface area contributed by atoms with Crippen LogP contribution in [0.1, 0.15) is 15.9 Å². The second-order valence-electron chi connectivity index (χ2n) is 5.15. The van der Waals surface area contributed by atoms with Crippen molar-refractivity contribution in [2.75, 3.05) is 0 Å². The number of carbonyl (C=O) groups is 1. The summed E-state index contributed by atoms with van der Waals surface area (Å²) in [7, 11) is 0. The summed E-state index contributed by atoms with van der Waals surface area (Å²) < 4.78 is 0. The maximum atomic E-state index is 10.8. The quantitative estimate of drug-likeness (QED) is 0.581. The molecule has 2 heteroatoms. The number of rotatable bonds is 4. The fourth-order valence-electron chi connectivity index (χ4n) is 2.27. The van der Waals surface area contributed by atoms with Crippen molar-refractivity contribution in [2.45, 2.75) is 16.7 Å². The van der Waals surface area contributed by atoms with Crippen molar-refractivity contribution in [1.82, 2.24) is 0 Å². The van der Waals surface area contributed by atoms with E-state index in [-0.39, 0.29) is 0 Å². The minimum atomic E-state index is 0.701. The number of carbonyl (C=O) groups excluding carboxylic acids is 1. The molecule has 0 bridgehead atoms. The van der Waals surface area contributed by atoms with E-state index in [0.29, 0.717) is 5.56 Å². The van der Waals surface area contributed by atoms with Crippen molar-refractivity contribution in [3.05, 3.63) is 83.9 Å². The molecule has 0 saturated heterocycles. The zero-order chi connectivity index (χ0) is 15.4. The Morgan fingerprint density at radius 2 is 1.50 bits per heavy atom. The van der Waals surface area contributed by atoms with Crippen LogP contribution >= 0.6 is 11.8 Å². The third-order valence-electron chi connectivity index (χ3n) is 3.49. The molecular formula is C20H16OS. The molecule has 22 heavy (non-hydrogen) atoms. The first kappa shape index (κ1) is 14.6. The van der Waals surface area contributed by atoms with Gasteiger partial charge in [0.1, 0.15) is 6.29 Å². The molecule has 3 aromatic carbocycles. The molecule has 0 aromatic heterocycles. The molecule has 1 nitrogen and oxygen atoms in total. The SMILES string of the molecule is Cc1ccc(Sc2ccccc2-c2ccc(C=O)cc2)cc1. The minimum absolute atomic E-state index is 0.701. The van der Waals surface area contributed by atoms with Gasteiger partial charge in [0.15, 0.2) is 0 Å². The lowest BCUT2D eigenvalue weighted by atomic mass is 10.0. The topological polar surface area (TPSA) is 17.1 Å². The van der Waals surface area contributed by atoms with Gasteiger partial charge in [-0.05, 0) is 36.2 Å². The number of aldehydes is 1. The van der Waals surface area contributed by atoms with Crippen molar-refractivity contribution >= 4 is 18.0 Å². The van der Waals surface area contributed by atoms with Crippen molar-refractivity contribution in [1.29, 1.82) is 0 Å².